The average Bonchev–Trinajstić information content (AvgIpc) is 2.03. The Hall–Kier alpha value is -1.36. The summed E-state index contributed by atoms with van der Waals surface area (Å²) in [6, 6.07) is 0. The van der Waals surface area contributed by atoms with Gasteiger partial charge in [-0.1, -0.05) is 6.58 Å². The number of carbonyl (C=O) groups is 2. The number of esters is 1. The molecular formula is C8H13NO4. The van der Waals surface area contributed by atoms with E-state index in [1.165, 1.54) is 13.8 Å². The Balaban J connectivity index is 3.63. The molecule has 0 aromatic rings. The SMILES string of the molecule is C=C(C)C(=O)NCOC(=O)C(C)O. The third-order valence-corrected chi connectivity index (χ3v) is 1.18. The predicted molar refractivity (Wildman–Crippen MR) is 45.6 cm³/mol. The standard InChI is InChI=1S/C8H13NO4/c1-5(2)7(11)9-4-13-8(12)6(3)10/h6,10H,1,4H2,2-3H3,(H,9,11). The molecule has 0 fully saturated rings. The van der Waals surface area contributed by atoms with Crippen molar-refractivity contribution in [3.8, 4) is 0 Å². The minimum absolute atomic E-state index is 0.255. The molecule has 0 saturated carbocycles. The molecule has 0 heterocycles. The highest BCUT2D eigenvalue weighted by Gasteiger charge is 2.10. The van der Waals surface area contributed by atoms with E-state index >= 15 is 0 Å². The smallest absolute Gasteiger partial charge is 0.336 e. The molecular weight excluding hydrogens is 174 g/mol. The van der Waals surface area contributed by atoms with Crippen LogP contribution in [0, 0.1) is 0 Å². The molecule has 1 atom stereocenters. The van der Waals surface area contributed by atoms with E-state index in [2.05, 4.69) is 16.6 Å². The Labute approximate surface area is 76.4 Å². The Bertz CT molecular complexity index is 222. The summed E-state index contributed by atoms with van der Waals surface area (Å²) in [4.78, 5) is 21.5. The largest absolute Gasteiger partial charge is 0.442 e. The summed E-state index contributed by atoms with van der Waals surface area (Å²) in [5.74, 6) is -1.17. The Kier molecular flexibility index (Phi) is 4.76. The van der Waals surface area contributed by atoms with Crippen LogP contribution in [0.4, 0.5) is 0 Å². The summed E-state index contributed by atoms with van der Waals surface area (Å²) in [6.07, 6.45) is -1.18. The molecule has 74 valence electrons. The van der Waals surface area contributed by atoms with E-state index in [1.807, 2.05) is 0 Å². The summed E-state index contributed by atoms with van der Waals surface area (Å²) in [6.45, 7) is 5.95. The van der Waals surface area contributed by atoms with Crippen LogP contribution < -0.4 is 5.32 Å². The zero-order valence-corrected chi connectivity index (χ0v) is 7.66. The third kappa shape index (κ3) is 4.97. The van der Waals surface area contributed by atoms with Gasteiger partial charge in [0.2, 0.25) is 5.91 Å². The highest BCUT2D eigenvalue weighted by atomic mass is 16.6. The van der Waals surface area contributed by atoms with Gasteiger partial charge in [0.1, 0.15) is 6.10 Å². The Morgan fingerprint density at radius 2 is 2.15 bits per heavy atom. The maximum absolute atomic E-state index is 10.8. The molecule has 0 aliphatic carbocycles. The van der Waals surface area contributed by atoms with Crippen LogP contribution >= 0.6 is 0 Å². The van der Waals surface area contributed by atoms with Crippen molar-refractivity contribution in [3.05, 3.63) is 12.2 Å². The van der Waals surface area contributed by atoms with Gasteiger partial charge in [-0.25, -0.2) is 4.79 Å². The van der Waals surface area contributed by atoms with E-state index < -0.39 is 18.0 Å². The van der Waals surface area contributed by atoms with Crippen molar-refractivity contribution in [2.24, 2.45) is 0 Å². The van der Waals surface area contributed by atoms with Crippen LogP contribution in [-0.4, -0.2) is 29.8 Å². The van der Waals surface area contributed by atoms with Gasteiger partial charge < -0.3 is 15.2 Å². The van der Waals surface area contributed by atoms with Gasteiger partial charge in [-0.05, 0) is 13.8 Å². The summed E-state index contributed by atoms with van der Waals surface area (Å²) in [7, 11) is 0. The van der Waals surface area contributed by atoms with Gasteiger partial charge in [0.05, 0.1) is 0 Å². The molecule has 13 heavy (non-hydrogen) atoms. The van der Waals surface area contributed by atoms with Crippen molar-refractivity contribution < 1.29 is 19.4 Å². The third-order valence-electron chi connectivity index (χ3n) is 1.18. The predicted octanol–water partition coefficient (Wildman–Crippen LogP) is -0.440. The van der Waals surface area contributed by atoms with E-state index in [4.69, 9.17) is 5.11 Å². The minimum atomic E-state index is -1.18. The molecule has 1 amide bonds. The second kappa shape index (κ2) is 5.31. The molecule has 0 radical (unpaired) electrons. The average molecular weight is 187 g/mol. The van der Waals surface area contributed by atoms with Crippen molar-refractivity contribution in [1.82, 2.24) is 5.32 Å². The zero-order valence-electron chi connectivity index (χ0n) is 7.66. The fourth-order valence-corrected chi connectivity index (χ4v) is 0.444. The quantitative estimate of drug-likeness (QED) is 0.355. The van der Waals surface area contributed by atoms with Gasteiger partial charge in [0, 0.05) is 5.57 Å². The number of amides is 1. The fourth-order valence-electron chi connectivity index (χ4n) is 0.444. The first-order valence-electron chi connectivity index (χ1n) is 3.73. The number of hydrogen-bond donors (Lipinski definition) is 2. The first kappa shape index (κ1) is 11.6. The van der Waals surface area contributed by atoms with Gasteiger partial charge in [-0.15, -0.1) is 0 Å². The lowest BCUT2D eigenvalue weighted by Crippen LogP contribution is -2.30. The first-order valence-corrected chi connectivity index (χ1v) is 3.73. The van der Waals surface area contributed by atoms with Crippen molar-refractivity contribution in [1.29, 1.82) is 0 Å². The summed E-state index contributed by atoms with van der Waals surface area (Å²) in [5, 5.41) is 11.0. The maximum atomic E-state index is 10.8. The van der Waals surface area contributed by atoms with Crippen molar-refractivity contribution in [3.63, 3.8) is 0 Å². The number of rotatable bonds is 4. The van der Waals surface area contributed by atoms with Crippen LogP contribution in [0.1, 0.15) is 13.8 Å². The topological polar surface area (TPSA) is 75.6 Å². The number of carbonyl (C=O) groups excluding carboxylic acids is 2. The number of aliphatic hydroxyl groups is 1. The molecule has 0 spiro atoms. The second-order valence-electron chi connectivity index (χ2n) is 2.57. The van der Waals surface area contributed by atoms with Gasteiger partial charge in [0.25, 0.3) is 0 Å². The highest BCUT2D eigenvalue weighted by Crippen LogP contribution is 1.87. The van der Waals surface area contributed by atoms with Crippen LogP contribution in [-0.2, 0) is 14.3 Å². The molecule has 0 aliphatic heterocycles. The van der Waals surface area contributed by atoms with E-state index in [-0.39, 0.29) is 6.73 Å². The molecule has 0 aromatic heterocycles. The normalized spacial score (nSPS) is 11.6. The second-order valence-corrected chi connectivity index (χ2v) is 2.57. The summed E-state index contributed by atoms with van der Waals surface area (Å²) >= 11 is 0. The van der Waals surface area contributed by atoms with E-state index in [0.29, 0.717) is 5.57 Å². The Morgan fingerprint density at radius 1 is 1.62 bits per heavy atom. The monoisotopic (exact) mass is 187 g/mol. The van der Waals surface area contributed by atoms with Crippen molar-refractivity contribution >= 4 is 11.9 Å². The van der Waals surface area contributed by atoms with E-state index in [1.54, 1.807) is 0 Å². The first-order chi connectivity index (χ1) is 5.95. The van der Waals surface area contributed by atoms with Crippen LogP contribution in [0.25, 0.3) is 0 Å². The van der Waals surface area contributed by atoms with Crippen LogP contribution in [0.5, 0.6) is 0 Å². The fraction of sp³-hybridized carbons (Fsp3) is 0.500. The summed E-state index contributed by atoms with van der Waals surface area (Å²) < 4.78 is 4.46. The lowest BCUT2D eigenvalue weighted by molar-refractivity contribution is -0.153. The molecule has 0 bridgehead atoms. The highest BCUT2D eigenvalue weighted by molar-refractivity contribution is 5.92. The molecule has 5 heteroatoms. The van der Waals surface area contributed by atoms with Crippen LogP contribution in [0.3, 0.4) is 0 Å². The number of hydrogen-bond acceptors (Lipinski definition) is 4. The minimum Gasteiger partial charge on any atom is -0.442 e. The molecule has 0 aliphatic rings. The van der Waals surface area contributed by atoms with Gasteiger partial charge in [0.15, 0.2) is 6.73 Å². The maximum Gasteiger partial charge on any atom is 0.336 e. The molecule has 1 unspecified atom stereocenters. The lowest BCUT2D eigenvalue weighted by Gasteiger charge is -2.07. The Morgan fingerprint density at radius 3 is 2.54 bits per heavy atom. The zero-order chi connectivity index (χ0) is 10.4. The van der Waals surface area contributed by atoms with Gasteiger partial charge in [-0.3, -0.25) is 4.79 Å². The number of nitrogens with one attached hydrogen (secondary N) is 1. The van der Waals surface area contributed by atoms with Gasteiger partial charge >= 0.3 is 5.97 Å². The van der Waals surface area contributed by atoms with Crippen LogP contribution in [0.2, 0.25) is 0 Å². The van der Waals surface area contributed by atoms with E-state index in [9.17, 15) is 9.59 Å². The summed E-state index contributed by atoms with van der Waals surface area (Å²) in [5.41, 5.74) is 0.327. The van der Waals surface area contributed by atoms with Gasteiger partial charge in [-0.2, -0.15) is 0 Å². The lowest BCUT2D eigenvalue weighted by atomic mass is 10.3. The molecule has 0 rings (SSSR count). The number of ether oxygens (including phenoxy) is 1. The molecule has 5 nitrogen and oxygen atoms in total. The molecule has 2 N–H and O–H groups in total. The van der Waals surface area contributed by atoms with Crippen molar-refractivity contribution in [2.75, 3.05) is 6.73 Å². The number of aliphatic hydroxyl groups excluding tert-OH is 1. The molecule has 0 saturated heterocycles. The molecule has 0 aromatic carbocycles. The van der Waals surface area contributed by atoms with Crippen molar-refractivity contribution in [2.45, 2.75) is 20.0 Å². The van der Waals surface area contributed by atoms with Crippen LogP contribution in [0.15, 0.2) is 12.2 Å². The van der Waals surface area contributed by atoms with E-state index in [0.717, 1.165) is 0 Å².